The summed E-state index contributed by atoms with van der Waals surface area (Å²) in [6.07, 6.45) is 0. The molecular formula is C12H21NO4S2. The van der Waals surface area contributed by atoms with Gasteiger partial charge in [-0.25, -0.2) is 13.1 Å². The molecule has 0 aromatic carbocycles. The van der Waals surface area contributed by atoms with Gasteiger partial charge in [0.2, 0.25) is 10.0 Å². The number of rotatable bonds is 8. The van der Waals surface area contributed by atoms with E-state index in [1.165, 1.54) is 6.07 Å². The Bertz CT molecular complexity index is 482. The first-order valence-electron chi connectivity index (χ1n) is 6.20. The maximum Gasteiger partial charge on any atom is 0.250 e. The number of thiophene rings is 1. The van der Waals surface area contributed by atoms with Gasteiger partial charge in [-0.3, -0.25) is 0 Å². The fourth-order valence-electron chi connectivity index (χ4n) is 1.45. The molecule has 0 bridgehead atoms. The Labute approximate surface area is 118 Å². The predicted octanol–water partition coefficient (Wildman–Crippen LogP) is 1.58. The summed E-state index contributed by atoms with van der Waals surface area (Å²) in [4.78, 5) is 0.631. The molecule has 0 radical (unpaired) electrons. The van der Waals surface area contributed by atoms with Crippen LogP contribution in [0.5, 0.6) is 0 Å². The highest BCUT2D eigenvalue weighted by Crippen LogP contribution is 2.22. The number of hydrogen-bond acceptors (Lipinski definition) is 5. The Morgan fingerprint density at radius 1 is 1.42 bits per heavy atom. The van der Waals surface area contributed by atoms with Crippen LogP contribution in [0, 0.1) is 5.92 Å². The van der Waals surface area contributed by atoms with Crippen LogP contribution < -0.4 is 4.72 Å². The zero-order chi connectivity index (χ0) is 14.5. The van der Waals surface area contributed by atoms with Crippen LogP contribution in [0.3, 0.4) is 0 Å². The maximum atomic E-state index is 12.2. The summed E-state index contributed by atoms with van der Waals surface area (Å²) in [5, 5.41) is 8.98. The molecule has 1 rings (SSSR count). The van der Waals surface area contributed by atoms with E-state index in [1.54, 1.807) is 6.07 Å². The predicted molar refractivity (Wildman–Crippen MR) is 75.7 cm³/mol. The average molecular weight is 307 g/mol. The molecule has 7 heteroatoms. The van der Waals surface area contributed by atoms with Crippen molar-refractivity contribution in [2.45, 2.75) is 37.6 Å². The highest BCUT2D eigenvalue weighted by molar-refractivity contribution is 7.91. The number of ether oxygens (including phenoxy) is 1. The Morgan fingerprint density at radius 2 is 2.11 bits per heavy atom. The van der Waals surface area contributed by atoms with Crippen molar-refractivity contribution >= 4 is 21.4 Å². The summed E-state index contributed by atoms with van der Waals surface area (Å²) in [5.74, 6) is 0.138. The second-order valence-electron chi connectivity index (χ2n) is 4.51. The van der Waals surface area contributed by atoms with E-state index in [2.05, 4.69) is 4.72 Å². The summed E-state index contributed by atoms with van der Waals surface area (Å²) < 4.78 is 32.6. The number of aliphatic hydroxyl groups excluding tert-OH is 1. The van der Waals surface area contributed by atoms with E-state index >= 15 is 0 Å². The van der Waals surface area contributed by atoms with Crippen molar-refractivity contribution in [3.8, 4) is 0 Å². The molecule has 1 heterocycles. The van der Waals surface area contributed by atoms with Gasteiger partial charge in [-0.15, -0.1) is 11.3 Å². The highest BCUT2D eigenvalue weighted by atomic mass is 32.2. The van der Waals surface area contributed by atoms with Gasteiger partial charge in [0.05, 0.1) is 13.2 Å². The van der Waals surface area contributed by atoms with Crippen molar-refractivity contribution in [1.29, 1.82) is 0 Å². The summed E-state index contributed by atoms with van der Waals surface area (Å²) in [6.45, 7) is 6.52. The van der Waals surface area contributed by atoms with Gasteiger partial charge in [-0.1, -0.05) is 13.8 Å². The largest absolute Gasteiger partial charge is 0.391 e. The standard InChI is InChI=1S/C12H21NO4S2/c1-4-17-8-11(9(2)3)13-19(15,16)12-6-5-10(7-14)18-12/h5-6,9,11,13-14H,4,7-8H2,1-3H3. The number of sulfonamides is 1. The molecule has 0 saturated heterocycles. The number of aliphatic hydroxyl groups is 1. The summed E-state index contributed by atoms with van der Waals surface area (Å²) >= 11 is 1.08. The van der Waals surface area contributed by atoms with E-state index in [-0.39, 0.29) is 22.8 Å². The molecule has 0 amide bonds. The Hall–Kier alpha value is -0.470. The SMILES string of the molecule is CCOCC(NS(=O)(=O)c1ccc(CO)s1)C(C)C. The van der Waals surface area contributed by atoms with Crippen LogP contribution in [0.25, 0.3) is 0 Å². The molecule has 0 aliphatic carbocycles. The molecule has 19 heavy (non-hydrogen) atoms. The minimum Gasteiger partial charge on any atom is -0.391 e. The molecule has 0 spiro atoms. The molecule has 5 nitrogen and oxygen atoms in total. The molecule has 1 aromatic rings. The zero-order valence-corrected chi connectivity index (χ0v) is 13.1. The third-order valence-corrected chi connectivity index (χ3v) is 5.72. The Balaban J connectivity index is 2.81. The van der Waals surface area contributed by atoms with E-state index in [9.17, 15) is 8.42 Å². The fraction of sp³-hybridized carbons (Fsp3) is 0.667. The minimum atomic E-state index is -3.55. The summed E-state index contributed by atoms with van der Waals surface area (Å²) in [6, 6.07) is 2.87. The minimum absolute atomic E-state index is 0.138. The van der Waals surface area contributed by atoms with Crippen LogP contribution >= 0.6 is 11.3 Å². The quantitative estimate of drug-likeness (QED) is 0.764. The molecule has 2 N–H and O–H groups in total. The van der Waals surface area contributed by atoms with Gasteiger partial charge in [-0.2, -0.15) is 0 Å². The molecule has 0 saturated carbocycles. The molecular weight excluding hydrogens is 286 g/mol. The van der Waals surface area contributed by atoms with Crippen LogP contribution in [0.15, 0.2) is 16.3 Å². The monoisotopic (exact) mass is 307 g/mol. The number of hydrogen-bond donors (Lipinski definition) is 2. The van der Waals surface area contributed by atoms with Crippen LogP contribution in [0.1, 0.15) is 25.6 Å². The highest BCUT2D eigenvalue weighted by Gasteiger charge is 2.23. The number of nitrogens with one attached hydrogen (secondary N) is 1. The van der Waals surface area contributed by atoms with Crippen LogP contribution in [-0.2, 0) is 21.4 Å². The summed E-state index contributed by atoms with van der Waals surface area (Å²) in [5.41, 5.74) is 0. The first kappa shape index (κ1) is 16.6. The molecule has 0 aliphatic rings. The lowest BCUT2D eigenvalue weighted by Crippen LogP contribution is -2.41. The van der Waals surface area contributed by atoms with Gasteiger partial charge in [0.25, 0.3) is 0 Å². The summed E-state index contributed by atoms with van der Waals surface area (Å²) in [7, 11) is -3.55. The van der Waals surface area contributed by atoms with Gasteiger partial charge in [0.1, 0.15) is 4.21 Å². The molecule has 110 valence electrons. The Morgan fingerprint density at radius 3 is 2.58 bits per heavy atom. The van der Waals surface area contributed by atoms with Crippen molar-refractivity contribution in [1.82, 2.24) is 4.72 Å². The lowest BCUT2D eigenvalue weighted by molar-refractivity contribution is 0.116. The molecule has 0 fully saturated rings. The normalized spacial score (nSPS) is 13.9. The maximum absolute atomic E-state index is 12.2. The lowest BCUT2D eigenvalue weighted by atomic mass is 10.1. The molecule has 1 aromatic heterocycles. The van der Waals surface area contributed by atoms with Gasteiger partial charge in [0.15, 0.2) is 0 Å². The van der Waals surface area contributed by atoms with Crippen LogP contribution in [0.4, 0.5) is 0 Å². The van der Waals surface area contributed by atoms with Crippen LogP contribution in [0.2, 0.25) is 0 Å². The van der Waals surface area contributed by atoms with E-state index < -0.39 is 10.0 Å². The molecule has 1 atom stereocenters. The van der Waals surface area contributed by atoms with E-state index in [0.717, 1.165) is 11.3 Å². The van der Waals surface area contributed by atoms with E-state index in [0.29, 0.717) is 18.1 Å². The van der Waals surface area contributed by atoms with Gasteiger partial charge in [-0.05, 0) is 25.0 Å². The second-order valence-corrected chi connectivity index (χ2v) is 7.62. The van der Waals surface area contributed by atoms with Crippen LogP contribution in [-0.4, -0.2) is 32.8 Å². The smallest absolute Gasteiger partial charge is 0.250 e. The van der Waals surface area contributed by atoms with Crippen molar-refractivity contribution in [3.63, 3.8) is 0 Å². The second kappa shape index (κ2) is 7.35. The van der Waals surface area contributed by atoms with Crippen molar-refractivity contribution in [2.24, 2.45) is 5.92 Å². The molecule has 1 unspecified atom stereocenters. The topological polar surface area (TPSA) is 75.6 Å². The first-order chi connectivity index (χ1) is 8.90. The first-order valence-corrected chi connectivity index (χ1v) is 8.50. The van der Waals surface area contributed by atoms with Gasteiger partial charge in [0, 0.05) is 17.5 Å². The average Bonchev–Trinajstić information content (AvgIpc) is 2.83. The zero-order valence-electron chi connectivity index (χ0n) is 11.4. The third-order valence-electron chi connectivity index (χ3n) is 2.67. The fourth-order valence-corrected chi connectivity index (χ4v) is 4.05. The third kappa shape index (κ3) is 4.85. The van der Waals surface area contributed by atoms with Gasteiger partial charge < -0.3 is 9.84 Å². The van der Waals surface area contributed by atoms with Gasteiger partial charge >= 0.3 is 0 Å². The van der Waals surface area contributed by atoms with E-state index in [4.69, 9.17) is 9.84 Å². The van der Waals surface area contributed by atoms with Crippen molar-refractivity contribution < 1.29 is 18.3 Å². The molecule has 0 aliphatic heterocycles. The Kier molecular flexibility index (Phi) is 6.41. The van der Waals surface area contributed by atoms with Crippen molar-refractivity contribution in [2.75, 3.05) is 13.2 Å². The lowest BCUT2D eigenvalue weighted by Gasteiger charge is -2.21. The van der Waals surface area contributed by atoms with Crippen molar-refractivity contribution in [3.05, 3.63) is 17.0 Å². The van der Waals surface area contributed by atoms with E-state index in [1.807, 2.05) is 20.8 Å².